The molecule has 132 valence electrons. The molecular weight excluding hydrogens is 349 g/mol. The van der Waals surface area contributed by atoms with Gasteiger partial charge in [-0.3, -0.25) is 9.79 Å². The van der Waals surface area contributed by atoms with E-state index < -0.39 is 6.04 Å². The second-order valence-electron chi connectivity index (χ2n) is 5.11. The average Bonchev–Trinajstić information content (AvgIpc) is 2.51. The quantitative estimate of drug-likeness (QED) is 0.352. The van der Waals surface area contributed by atoms with Crippen molar-refractivity contribution in [1.29, 1.82) is 0 Å². The summed E-state index contributed by atoms with van der Waals surface area (Å²) in [6.07, 6.45) is 1.18. The molecule has 0 aliphatic carbocycles. The first-order valence-electron chi connectivity index (χ1n) is 7.17. The Morgan fingerprint density at radius 3 is 2.42 bits per heavy atom. The molecule has 0 bridgehead atoms. The van der Waals surface area contributed by atoms with Crippen LogP contribution in [0.4, 0.5) is 5.69 Å². The van der Waals surface area contributed by atoms with Gasteiger partial charge in [0.2, 0.25) is 5.91 Å². The number of hydrogen-bond donors (Lipinski definition) is 4. The zero-order chi connectivity index (χ0) is 15.9. The molecule has 2 rings (SSSR count). The van der Waals surface area contributed by atoms with Gasteiger partial charge in [-0.05, 0) is 35.7 Å². The number of nitrogens with one attached hydrogen (secondary N) is 1. The number of amides is 1. The van der Waals surface area contributed by atoms with E-state index in [9.17, 15) is 4.79 Å². The van der Waals surface area contributed by atoms with Gasteiger partial charge in [-0.2, -0.15) is 0 Å². The molecule has 0 unspecified atom stereocenters. The van der Waals surface area contributed by atoms with E-state index in [0.29, 0.717) is 19.4 Å². The van der Waals surface area contributed by atoms with Gasteiger partial charge in [-0.15, -0.1) is 24.8 Å². The van der Waals surface area contributed by atoms with E-state index in [1.807, 2.05) is 42.5 Å². The molecule has 0 aromatic heterocycles. The summed E-state index contributed by atoms with van der Waals surface area (Å²) in [6.45, 7) is 0.472. The third kappa shape index (κ3) is 6.62. The van der Waals surface area contributed by atoms with E-state index in [1.54, 1.807) is 0 Å². The number of hydrogen-bond acceptors (Lipinski definition) is 3. The lowest BCUT2D eigenvalue weighted by molar-refractivity contribution is -0.117. The number of carbonyl (C=O) groups excluding carboxylic acids is 1. The van der Waals surface area contributed by atoms with E-state index >= 15 is 0 Å². The molecule has 0 heterocycles. The third-order valence-corrected chi connectivity index (χ3v) is 3.32. The molecule has 0 radical (unpaired) electrons. The smallest absolute Gasteiger partial charge is 0.241 e. The van der Waals surface area contributed by atoms with Crippen molar-refractivity contribution in [2.75, 3.05) is 11.9 Å². The van der Waals surface area contributed by atoms with Crippen molar-refractivity contribution in [3.63, 3.8) is 0 Å². The SMILES string of the molecule is Cl.Cl.NC(N)=NCCC[C@H](N)C(=O)Nc1ccc2ccccc2c1. The Labute approximate surface area is 153 Å². The lowest BCUT2D eigenvalue weighted by atomic mass is 10.1. The molecule has 0 aliphatic heterocycles. The molecule has 7 N–H and O–H groups in total. The summed E-state index contributed by atoms with van der Waals surface area (Å²) in [7, 11) is 0. The highest BCUT2D eigenvalue weighted by Crippen LogP contribution is 2.19. The number of guanidine groups is 1. The molecule has 1 atom stereocenters. The fraction of sp³-hybridized carbons (Fsp3) is 0.250. The molecule has 0 aliphatic rings. The maximum Gasteiger partial charge on any atom is 0.241 e. The molecule has 1 amide bonds. The molecule has 2 aromatic rings. The van der Waals surface area contributed by atoms with Crippen LogP contribution in [0.15, 0.2) is 47.5 Å². The van der Waals surface area contributed by atoms with Crippen molar-refractivity contribution in [3.05, 3.63) is 42.5 Å². The number of halogens is 2. The number of carbonyl (C=O) groups is 1. The molecule has 0 saturated carbocycles. The van der Waals surface area contributed by atoms with E-state index in [0.717, 1.165) is 16.5 Å². The van der Waals surface area contributed by atoms with E-state index in [2.05, 4.69) is 10.3 Å². The van der Waals surface area contributed by atoms with Crippen molar-refractivity contribution >= 4 is 53.1 Å². The summed E-state index contributed by atoms with van der Waals surface area (Å²) in [5.74, 6) is -0.158. The van der Waals surface area contributed by atoms with Crippen molar-refractivity contribution in [2.24, 2.45) is 22.2 Å². The van der Waals surface area contributed by atoms with Crippen LogP contribution >= 0.6 is 24.8 Å². The van der Waals surface area contributed by atoms with Crippen molar-refractivity contribution < 1.29 is 4.79 Å². The highest BCUT2D eigenvalue weighted by Gasteiger charge is 2.13. The summed E-state index contributed by atoms with van der Waals surface area (Å²) in [5, 5.41) is 5.03. The lowest BCUT2D eigenvalue weighted by Gasteiger charge is -2.12. The zero-order valence-electron chi connectivity index (χ0n) is 13.1. The van der Waals surface area contributed by atoms with Gasteiger partial charge in [0.15, 0.2) is 5.96 Å². The van der Waals surface area contributed by atoms with Crippen molar-refractivity contribution in [3.8, 4) is 0 Å². The van der Waals surface area contributed by atoms with Crippen LogP contribution in [0.25, 0.3) is 10.8 Å². The number of nitrogens with zero attached hydrogens (tertiary/aromatic N) is 1. The van der Waals surface area contributed by atoms with Gasteiger partial charge < -0.3 is 22.5 Å². The largest absolute Gasteiger partial charge is 0.370 e. The normalized spacial score (nSPS) is 10.9. The first-order valence-corrected chi connectivity index (χ1v) is 7.17. The Morgan fingerprint density at radius 2 is 1.75 bits per heavy atom. The van der Waals surface area contributed by atoms with E-state index in [1.165, 1.54) is 0 Å². The Bertz CT molecular complexity index is 689. The van der Waals surface area contributed by atoms with Crippen LogP contribution in [-0.4, -0.2) is 24.5 Å². The average molecular weight is 372 g/mol. The molecule has 0 spiro atoms. The maximum absolute atomic E-state index is 12.1. The molecule has 6 nitrogen and oxygen atoms in total. The fourth-order valence-corrected chi connectivity index (χ4v) is 2.15. The number of benzene rings is 2. The lowest BCUT2D eigenvalue weighted by Crippen LogP contribution is -2.35. The summed E-state index contributed by atoms with van der Waals surface area (Å²) >= 11 is 0. The minimum absolute atomic E-state index is 0. The molecule has 0 fully saturated rings. The molecule has 0 saturated heterocycles. The number of nitrogens with two attached hydrogens (primary N) is 3. The number of fused-ring (bicyclic) bond motifs is 1. The van der Waals surface area contributed by atoms with Gasteiger partial charge in [0.25, 0.3) is 0 Å². The van der Waals surface area contributed by atoms with Gasteiger partial charge in [0.1, 0.15) is 0 Å². The molecule has 8 heteroatoms. The van der Waals surface area contributed by atoms with Crippen molar-refractivity contribution in [2.45, 2.75) is 18.9 Å². The third-order valence-electron chi connectivity index (χ3n) is 3.32. The highest BCUT2D eigenvalue weighted by atomic mass is 35.5. The van der Waals surface area contributed by atoms with E-state index in [4.69, 9.17) is 17.2 Å². The molecule has 2 aromatic carbocycles. The van der Waals surface area contributed by atoms with Gasteiger partial charge >= 0.3 is 0 Å². The molecule has 24 heavy (non-hydrogen) atoms. The van der Waals surface area contributed by atoms with Crippen LogP contribution in [-0.2, 0) is 4.79 Å². The minimum atomic E-state index is -0.583. The Morgan fingerprint density at radius 1 is 1.08 bits per heavy atom. The van der Waals surface area contributed by atoms with E-state index in [-0.39, 0.29) is 36.7 Å². The van der Waals surface area contributed by atoms with Crippen LogP contribution < -0.4 is 22.5 Å². The Balaban J connectivity index is 0.00000264. The summed E-state index contributed by atoms with van der Waals surface area (Å²) in [4.78, 5) is 15.9. The monoisotopic (exact) mass is 371 g/mol. The molecular formula is C16H23Cl2N5O. The van der Waals surface area contributed by atoms with Crippen LogP contribution in [0.5, 0.6) is 0 Å². The van der Waals surface area contributed by atoms with Crippen LogP contribution in [0, 0.1) is 0 Å². The zero-order valence-corrected chi connectivity index (χ0v) is 14.8. The summed E-state index contributed by atoms with van der Waals surface area (Å²) in [5.41, 5.74) is 17.1. The fourth-order valence-electron chi connectivity index (χ4n) is 2.15. The first kappa shape index (κ1) is 22.0. The van der Waals surface area contributed by atoms with Gasteiger partial charge in [-0.25, -0.2) is 0 Å². The van der Waals surface area contributed by atoms with Crippen LogP contribution in [0.3, 0.4) is 0 Å². The Kier molecular flexibility index (Phi) is 9.80. The standard InChI is InChI=1S/C16H21N5O.2ClH/c17-14(6-3-9-20-16(18)19)15(22)21-13-8-7-11-4-1-2-5-12(11)10-13;;/h1-2,4-5,7-8,10,14H,3,6,9,17H2,(H,21,22)(H4,18,19,20);2*1H/t14-;;/m0../s1. The maximum atomic E-state index is 12.1. The first-order chi connectivity index (χ1) is 10.6. The number of rotatable bonds is 6. The predicted octanol–water partition coefficient (Wildman–Crippen LogP) is 2.00. The van der Waals surface area contributed by atoms with Crippen LogP contribution in [0.1, 0.15) is 12.8 Å². The second kappa shape index (κ2) is 10.7. The number of aliphatic imine (C=N–C) groups is 1. The number of anilines is 1. The summed E-state index contributed by atoms with van der Waals surface area (Å²) in [6, 6.07) is 13.1. The van der Waals surface area contributed by atoms with Gasteiger partial charge in [0, 0.05) is 12.2 Å². The summed E-state index contributed by atoms with van der Waals surface area (Å²) < 4.78 is 0. The highest BCUT2D eigenvalue weighted by molar-refractivity contribution is 5.97. The van der Waals surface area contributed by atoms with Crippen molar-refractivity contribution in [1.82, 2.24) is 0 Å². The Hall–Kier alpha value is -2.02. The van der Waals surface area contributed by atoms with Gasteiger partial charge in [0.05, 0.1) is 6.04 Å². The topological polar surface area (TPSA) is 120 Å². The predicted molar refractivity (Wildman–Crippen MR) is 105 cm³/mol. The minimum Gasteiger partial charge on any atom is -0.370 e. The van der Waals surface area contributed by atoms with Crippen LogP contribution in [0.2, 0.25) is 0 Å². The second-order valence-corrected chi connectivity index (χ2v) is 5.11. The van der Waals surface area contributed by atoms with Gasteiger partial charge in [-0.1, -0.05) is 30.3 Å².